The first-order valence-corrected chi connectivity index (χ1v) is 7.05. The summed E-state index contributed by atoms with van der Waals surface area (Å²) in [5, 5.41) is 4.17. The summed E-state index contributed by atoms with van der Waals surface area (Å²) < 4.78 is 7.55. The minimum atomic E-state index is -0.556. The number of H-pyrrole nitrogens is 1. The lowest BCUT2D eigenvalue weighted by Gasteiger charge is -2.10. The van der Waals surface area contributed by atoms with Gasteiger partial charge < -0.3 is 4.74 Å². The smallest absolute Gasteiger partial charge is 0.349 e. The van der Waals surface area contributed by atoms with E-state index in [0.717, 1.165) is 17.3 Å². The highest BCUT2D eigenvalue weighted by Gasteiger charge is 2.23. The molecule has 2 heterocycles. The van der Waals surface area contributed by atoms with Crippen LogP contribution in [0.3, 0.4) is 0 Å². The molecule has 20 heavy (non-hydrogen) atoms. The Morgan fingerprint density at radius 3 is 2.70 bits per heavy atom. The predicted molar refractivity (Wildman–Crippen MR) is 76.1 cm³/mol. The van der Waals surface area contributed by atoms with Crippen LogP contribution in [0.5, 0.6) is 0 Å². The monoisotopic (exact) mass is 337 g/mol. The van der Waals surface area contributed by atoms with E-state index in [1.807, 2.05) is 0 Å². The van der Waals surface area contributed by atoms with Gasteiger partial charge in [-0.1, -0.05) is 15.9 Å². The number of ether oxygens (including phenoxy) is 1. The first-order valence-electron chi connectivity index (χ1n) is 6.26. The third kappa shape index (κ3) is 2.46. The second-order valence-electron chi connectivity index (χ2n) is 4.53. The summed E-state index contributed by atoms with van der Waals surface area (Å²) in [4.78, 5) is 26.0. The van der Waals surface area contributed by atoms with Gasteiger partial charge in [0.2, 0.25) is 0 Å². The number of benzene rings is 1. The van der Waals surface area contributed by atoms with Gasteiger partial charge in [-0.15, -0.1) is 0 Å². The van der Waals surface area contributed by atoms with Crippen LogP contribution in [-0.4, -0.2) is 21.4 Å². The van der Waals surface area contributed by atoms with Crippen molar-refractivity contribution in [3.05, 3.63) is 55.3 Å². The molecule has 1 fully saturated rings. The Balaban J connectivity index is 2.11. The van der Waals surface area contributed by atoms with Crippen LogP contribution < -0.4 is 11.2 Å². The van der Waals surface area contributed by atoms with Gasteiger partial charge in [-0.2, -0.15) is 9.78 Å². The molecule has 1 saturated heterocycles. The van der Waals surface area contributed by atoms with Crippen molar-refractivity contribution in [1.29, 1.82) is 0 Å². The van der Waals surface area contributed by atoms with Gasteiger partial charge in [0.1, 0.15) is 6.10 Å². The van der Waals surface area contributed by atoms with Gasteiger partial charge in [0.15, 0.2) is 5.69 Å². The molecule has 6 nitrogen and oxygen atoms in total. The number of hydrogen-bond donors (Lipinski definition) is 1. The van der Waals surface area contributed by atoms with E-state index in [0.29, 0.717) is 12.3 Å². The molecule has 2 aromatic rings. The first kappa shape index (κ1) is 13.3. The molecule has 1 atom stereocenters. The summed E-state index contributed by atoms with van der Waals surface area (Å²) in [5.74, 6) is 0. The van der Waals surface area contributed by atoms with Crippen molar-refractivity contribution in [3.8, 4) is 5.69 Å². The minimum absolute atomic E-state index is 0.255. The highest BCUT2D eigenvalue weighted by molar-refractivity contribution is 9.10. The quantitative estimate of drug-likeness (QED) is 0.901. The molecule has 104 valence electrons. The molecule has 1 unspecified atom stereocenters. The number of rotatable bonds is 2. The van der Waals surface area contributed by atoms with Crippen LogP contribution >= 0.6 is 15.9 Å². The molecule has 1 aliphatic heterocycles. The maximum Gasteiger partial charge on any atom is 0.349 e. The van der Waals surface area contributed by atoms with Gasteiger partial charge in [-0.25, -0.2) is 4.79 Å². The maximum atomic E-state index is 11.9. The minimum Gasteiger partial charge on any atom is -0.372 e. The van der Waals surface area contributed by atoms with Crippen LogP contribution in [0.1, 0.15) is 24.6 Å². The normalized spacial score (nSPS) is 18.4. The summed E-state index contributed by atoms with van der Waals surface area (Å²) in [6.45, 7) is 0.614. The predicted octanol–water partition coefficient (Wildman–Crippen LogP) is 1.53. The largest absolute Gasteiger partial charge is 0.372 e. The Morgan fingerprint density at radius 1 is 1.30 bits per heavy atom. The Kier molecular flexibility index (Phi) is 3.54. The first-order chi connectivity index (χ1) is 9.65. The molecule has 3 rings (SSSR count). The molecule has 0 radical (unpaired) electrons. The lowest BCUT2D eigenvalue weighted by atomic mass is 10.2. The van der Waals surface area contributed by atoms with Crippen LogP contribution in [0.15, 0.2) is 38.3 Å². The van der Waals surface area contributed by atoms with Crippen molar-refractivity contribution < 1.29 is 4.74 Å². The van der Waals surface area contributed by atoms with Crippen molar-refractivity contribution >= 4 is 15.9 Å². The van der Waals surface area contributed by atoms with Crippen LogP contribution in [0.25, 0.3) is 5.69 Å². The molecular weight excluding hydrogens is 326 g/mol. The summed E-state index contributed by atoms with van der Waals surface area (Å²) in [5.41, 5.74) is -0.187. The Morgan fingerprint density at radius 2 is 2.05 bits per heavy atom. The van der Waals surface area contributed by atoms with Crippen LogP contribution in [0.2, 0.25) is 0 Å². The average Bonchev–Trinajstić information content (AvgIpc) is 2.94. The molecule has 1 aromatic heterocycles. The van der Waals surface area contributed by atoms with Crippen LogP contribution in [-0.2, 0) is 4.74 Å². The van der Waals surface area contributed by atoms with E-state index in [9.17, 15) is 9.59 Å². The van der Waals surface area contributed by atoms with Crippen molar-refractivity contribution in [2.45, 2.75) is 18.9 Å². The number of nitrogens with one attached hydrogen (secondary N) is 1. The fourth-order valence-electron chi connectivity index (χ4n) is 2.17. The Bertz CT molecular complexity index is 730. The molecule has 1 N–H and O–H groups in total. The van der Waals surface area contributed by atoms with Gasteiger partial charge in [-0.3, -0.25) is 9.78 Å². The summed E-state index contributed by atoms with van der Waals surface area (Å²) in [7, 11) is 0. The number of aromatic amines is 1. The van der Waals surface area contributed by atoms with E-state index < -0.39 is 11.2 Å². The molecule has 0 amide bonds. The average molecular weight is 338 g/mol. The van der Waals surface area contributed by atoms with Crippen molar-refractivity contribution in [1.82, 2.24) is 14.8 Å². The molecule has 7 heteroatoms. The zero-order chi connectivity index (χ0) is 14.1. The fourth-order valence-corrected chi connectivity index (χ4v) is 2.44. The second kappa shape index (κ2) is 5.34. The molecule has 0 bridgehead atoms. The fraction of sp³-hybridized carbons (Fsp3) is 0.308. The third-order valence-corrected chi connectivity index (χ3v) is 3.69. The zero-order valence-corrected chi connectivity index (χ0v) is 12.1. The van der Waals surface area contributed by atoms with E-state index in [1.165, 1.54) is 4.68 Å². The summed E-state index contributed by atoms with van der Waals surface area (Å²) in [6.07, 6.45) is 1.30. The Hall–Kier alpha value is -1.73. The molecule has 0 spiro atoms. The lowest BCUT2D eigenvalue weighted by Crippen LogP contribution is -2.35. The lowest BCUT2D eigenvalue weighted by molar-refractivity contribution is 0.106. The van der Waals surface area contributed by atoms with Crippen molar-refractivity contribution in [2.24, 2.45) is 0 Å². The van der Waals surface area contributed by atoms with E-state index in [2.05, 4.69) is 26.0 Å². The third-order valence-electron chi connectivity index (χ3n) is 3.16. The van der Waals surface area contributed by atoms with Crippen LogP contribution in [0, 0.1) is 0 Å². The van der Waals surface area contributed by atoms with Crippen molar-refractivity contribution in [3.63, 3.8) is 0 Å². The van der Waals surface area contributed by atoms with Crippen LogP contribution in [0.4, 0.5) is 0 Å². The number of aromatic nitrogens is 3. The summed E-state index contributed by atoms with van der Waals surface area (Å²) >= 11 is 3.33. The van der Waals surface area contributed by atoms with Gasteiger partial charge in [0, 0.05) is 11.1 Å². The molecular formula is C13H12BrN3O3. The Labute approximate surface area is 122 Å². The topological polar surface area (TPSA) is 77.0 Å². The highest BCUT2D eigenvalue weighted by Crippen LogP contribution is 2.24. The molecule has 0 saturated carbocycles. The molecule has 1 aromatic carbocycles. The number of hydrogen-bond acceptors (Lipinski definition) is 4. The second-order valence-corrected chi connectivity index (χ2v) is 5.45. The van der Waals surface area contributed by atoms with Gasteiger partial charge in [0.05, 0.1) is 5.69 Å². The zero-order valence-electron chi connectivity index (χ0n) is 10.5. The molecule has 1 aliphatic rings. The SMILES string of the molecule is O=c1[nH]c(=O)n(-c2ccc(Br)cc2)nc1C1CCCO1. The van der Waals surface area contributed by atoms with Gasteiger partial charge >= 0.3 is 5.69 Å². The number of halogens is 1. The van der Waals surface area contributed by atoms with E-state index >= 15 is 0 Å². The van der Waals surface area contributed by atoms with Gasteiger partial charge in [-0.05, 0) is 37.1 Å². The van der Waals surface area contributed by atoms with Crippen molar-refractivity contribution in [2.75, 3.05) is 6.61 Å². The molecule has 0 aliphatic carbocycles. The van der Waals surface area contributed by atoms with E-state index in [4.69, 9.17) is 4.74 Å². The van der Waals surface area contributed by atoms with E-state index in [1.54, 1.807) is 24.3 Å². The maximum absolute atomic E-state index is 11.9. The highest BCUT2D eigenvalue weighted by atomic mass is 79.9. The van der Waals surface area contributed by atoms with E-state index in [-0.39, 0.29) is 11.8 Å². The number of nitrogens with zero attached hydrogens (tertiary/aromatic N) is 2. The van der Waals surface area contributed by atoms with Gasteiger partial charge in [0.25, 0.3) is 5.56 Å². The summed E-state index contributed by atoms with van der Waals surface area (Å²) in [6, 6.07) is 7.10. The standard InChI is InChI=1S/C13H12BrN3O3/c14-8-3-5-9(6-4-8)17-13(19)15-12(18)11(16-17)10-2-1-7-20-10/h3-6,10H,1-2,7H2,(H,15,18,19).